The fraction of sp³-hybridized carbons (Fsp3) is 0.294. The molecule has 9 heteroatoms. The minimum atomic E-state index is -0.451. The van der Waals surface area contributed by atoms with Crippen molar-refractivity contribution in [3.63, 3.8) is 0 Å². The molecule has 2 aromatic heterocycles. The van der Waals surface area contributed by atoms with E-state index in [9.17, 15) is 4.79 Å². The molecule has 9 nitrogen and oxygen atoms in total. The van der Waals surface area contributed by atoms with Gasteiger partial charge in [-0.05, 0) is 38.1 Å². The van der Waals surface area contributed by atoms with Gasteiger partial charge in [0.05, 0.1) is 19.8 Å². The molecule has 0 radical (unpaired) electrons. The second kappa shape index (κ2) is 7.26. The largest absolute Gasteiger partial charge is 0.497 e. The van der Waals surface area contributed by atoms with Gasteiger partial charge in [0.2, 0.25) is 0 Å². The van der Waals surface area contributed by atoms with E-state index in [4.69, 9.17) is 13.9 Å². The van der Waals surface area contributed by atoms with Crippen LogP contribution in [-0.2, 0) is 0 Å². The molecule has 3 rings (SSSR count). The van der Waals surface area contributed by atoms with Gasteiger partial charge in [0.25, 0.3) is 11.8 Å². The number of carbonyl (C=O) groups is 1. The highest BCUT2D eigenvalue weighted by molar-refractivity contribution is 6.05. The number of hydrogen-bond acceptors (Lipinski definition) is 7. The van der Waals surface area contributed by atoms with Gasteiger partial charge in [-0.3, -0.25) is 14.8 Å². The summed E-state index contributed by atoms with van der Waals surface area (Å²) in [4.78, 5) is 12.5. The van der Waals surface area contributed by atoms with E-state index in [1.807, 2.05) is 13.8 Å². The highest BCUT2D eigenvalue weighted by atomic mass is 16.5. The minimum absolute atomic E-state index is 0.0219. The molecule has 1 amide bonds. The van der Waals surface area contributed by atoms with Crippen LogP contribution in [0, 0.1) is 0 Å². The second-order valence-corrected chi connectivity index (χ2v) is 5.69. The van der Waals surface area contributed by atoms with Gasteiger partial charge in [-0.1, -0.05) is 5.10 Å². The van der Waals surface area contributed by atoms with Crippen LogP contribution < -0.4 is 14.8 Å². The first kappa shape index (κ1) is 17.5. The molecule has 0 aliphatic carbocycles. The smallest absolute Gasteiger partial charge is 0.322 e. The molecule has 0 aliphatic heterocycles. The van der Waals surface area contributed by atoms with Gasteiger partial charge in [0.15, 0.2) is 0 Å². The molecule has 0 atom stereocenters. The second-order valence-electron chi connectivity index (χ2n) is 5.69. The highest BCUT2D eigenvalue weighted by Crippen LogP contribution is 2.26. The molecule has 0 aliphatic rings. The van der Waals surface area contributed by atoms with Crippen LogP contribution in [0.1, 0.15) is 30.2 Å². The zero-order valence-corrected chi connectivity index (χ0v) is 14.9. The van der Waals surface area contributed by atoms with Crippen LogP contribution in [0.15, 0.2) is 34.9 Å². The van der Waals surface area contributed by atoms with E-state index >= 15 is 0 Å². The maximum atomic E-state index is 12.5. The first-order chi connectivity index (χ1) is 12.5. The van der Waals surface area contributed by atoms with Crippen molar-refractivity contribution >= 4 is 11.9 Å². The molecular formula is C17H19N5O4. The summed E-state index contributed by atoms with van der Waals surface area (Å²) in [6.07, 6.45) is 1.65. The van der Waals surface area contributed by atoms with Gasteiger partial charge in [0.1, 0.15) is 17.2 Å². The summed E-state index contributed by atoms with van der Waals surface area (Å²) in [6.45, 7) is 3.98. The number of aromatic nitrogens is 4. The Morgan fingerprint density at radius 2 is 2.00 bits per heavy atom. The molecule has 0 fully saturated rings. The van der Waals surface area contributed by atoms with E-state index in [0.29, 0.717) is 22.8 Å². The van der Waals surface area contributed by atoms with Crippen molar-refractivity contribution in [1.29, 1.82) is 0 Å². The van der Waals surface area contributed by atoms with E-state index in [-0.39, 0.29) is 17.9 Å². The van der Waals surface area contributed by atoms with Crippen LogP contribution in [0.4, 0.5) is 6.01 Å². The Morgan fingerprint density at radius 1 is 1.19 bits per heavy atom. The molecule has 3 aromatic rings. The quantitative estimate of drug-likeness (QED) is 0.723. The third-order valence-corrected chi connectivity index (χ3v) is 3.68. The molecule has 1 N–H and O–H groups in total. The van der Waals surface area contributed by atoms with Crippen LogP contribution in [-0.4, -0.2) is 40.1 Å². The lowest BCUT2D eigenvalue weighted by atomic mass is 10.1. The maximum absolute atomic E-state index is 12.5. The van der Waals surface area contributed by atoms with E-state index in [2.05, 4.69) is 20.6 Å². The van der Waals surface area contributed by atoms with Crippen molar-refractivity contribution in [2.24, 2.45) is 0 Å². The molecule has 136 valence electrons. The number of methoxy groups -OCH3 is 2. The number of hydrogen-bond donors (Lipinski definition) is 1. The third-order valence-electron chi connectivity index (χ3n) is 3.68. The van der Waals surface area contributed by atoms with Crippen molar-refractivity contribution in [1.82, 2.24) is 20.0 Å². The number of nitrogens with zero attached hydrogens (tertiary/aromatic N) is 4. The maximum Gasteiger partial charge on any atom is 0.322 e. The van der Waals surface area contributed by atoms with E-state index in [1.54, 1.807) is 35.1 Å². The minimum Gasteiger partial charge on any atom is -0.497 e. The van der Waals surface area contributed by atoms with Crippen molar-refractivity contribution in [3.05, 3.63) is 36.0 Å². The predicted octanol–water partition coefficient (Wildman–Crippen LogP) is 2.78. The molecule has 0 spiro atoms. The summed E-state index contributed by atoms with van der Waals surface area (Å²) < 4.78 is 17.7. The lowest BCUT2D eigenvalue weighted by Gasteiger charge is -2.09. The van der Waals surface area contributed by atoms with E-state index in [0.717, 1.165) is 0 Å². The number of anilines is 1. The zero-order valence-electron chi connectivity index (χ0n) is 14.9. The average molecular weight is 357 g/mol. The number of nitrogens with one attached hydrogen (secondary N) is 1. The summed E-state index contributed by atoms with van der Waals surface area (Å²) in [5.74, 6) is 0.751. The highest BCUT2D eigenvalue weighted by Gasteiger charge is 2.19. The molecule has 26 heavy (non-hydrogen) atoms. The topological polar surface area (TPSA) is 104 Å². The average Bonchev–Trinajstić information content (AvgIpc) is 3.30. The van der Waals surface area contributed by atoms with Crippen molar-refractivity contribution < 1.29 is 18.7 Å². The first-order valence-corrected chi connectivity index (χ1v) is 7.94. The number of amides is 1. The molecule has 0 saturated heterocycles. The van der Waals surface area contributed by atoms with Gasteiger partial charge in [-0.2, -0.15) is 5.10 Å². The molecule has 2 heterocycles. The van der Waals surface area contributed by atoms with Gasteiger partial charge in [-0.25, -0.2) is 0 Å². The Labute approximate surface area is 149 Å². The number of ether oxygens (including phenoxy) is 2. The van der Waals surface area contributed by atoms with E-state index in [1.165, 1.54) is 14.2 Å². The van der Waals surface area contributed by atoms with Crippen molar-refractivity contribution in [3.8, 4) is 23.1 Å². The Morgan fingerprint density at radius 3 is 2.69 bits per heavy atom. The molecule has 0 bridgehead atoms. The predicted molar refractivity (Wildman–Crippen MR) is 93.4 cm³/mol. The molecule has 0 saturated carbocycles. The normalized spacial score (nSPS) is 10.8. The summed E-state index contributed by atoms with van der Waals surface area (Å²) in [5.41, 5.74) is 0.964. The fourth-order valence-corrected chi connectivity index (χ4v) is 2.43. The fourth-order valence-electron chi connectivity index (χ4n) is 2.43. The Bertz CT molecular complexity index is 916. The van der Waals surface area contributed by atoms with Crippen LogP contribution >= 0.6 is 0 Å². The monoisotopic (exact) mass is 357 g/mol. The first-order valence-electron chi connectivity index (χ1n) is 7.94. The van der Waals surface area contributed by atoms with E-state index < -0.39 is 5.91 Å². The molecular weight excluding hydrogens is 338 g/mol. The summed E-state index contributed by atoms with van der Waals surface area (Å²) >= 11 is 0. The molecule has 1 aromatic carbocycles. The number of benzene rings is 1. The number of carbonyl (C=O) groups excluding carboxylic acids is 1. The Kier molecular flexibility index (Phi) is 4.87. The van der Waals surface area contributed by atoms with Gasteiger partial charge < -0.3 is 13.9 Å². The van der Waals surface area contributed by atoms with Crippen LogP contribution in [0.5, 0.6) is 11.5 Å². The Hall–Kier alpha value is -3.36. The van der Waals surface area contributed by atoms with Crippen molar-refractivity contribution in [2.45, 2.75) is 19.9 Å². The van der Waals surface area contributed by atoms with Crippen LogP contribution in [0.3, 0.4) is 0 Å². The van der Waals surface area contributed by atoms with Gasteiger partial charge in [-0.15, -0.1) is 5.10 Å². The van der Waals surface area contributed by atoms with Gasteiger partial charge in [0, 0.05) is 12.2 Å². The van der Waals surface area contributed by atoms with Crippen LogP contribution in [0.25, 0.3) is 11.6 Å². The van der Waals surface area contributed by atoms with Crippen LogP contribution in [0.2, 0.25) is 0 Å². The summed E-state index contributed by atoms with van der Waals surface area (Å²) in [6, 6.07) is 6.79. The molecule has 0 unspecified atom stereocenters. The van der Waals surface area contributed by atoms with Gasteiger partial charge >= 0.3 is 6.01 Å². The summed E-state index contributed by atoms with van der Waals surface area (Å²) in [5, 5.41) is 14.6. The zero-order chi connectivity index (χ0) is 18.7. The van der Waals surface area contributed by atoms with Crippen molar-refractivity contribution in [2.75, 3.05) is 19.5 Å². The number of rotatable bonds is 6. The lowest BCUT2D eigenvalue weighted by Crippen LogP contribution is -2.13. The SMILES string of the molecule is COc1ccc(OC)c(C(=O)Nc2nnc(-c3ccnn3C(C)C)o2)c1. The standard InChI is InChI=1S/C17H19N5O4/c1-10(2)22-13(7-8-18-22)16-20-21-17(26-16)19-15(23)12-9-11(24-3)5-6-14(12)25-4/h5-10H,1-4H3,(H,19,21,23). The lowest BCUT2D eigenvalue weighted by molar-refractivity contribution is 0.102. The third kappa shape index (κ3) is 3.37. The Balaban J connectivity index is 1.83. The summed E-state index contributed by atoms with van der Waals surface area (Å²) in [7, 11) is 3.00.